The van der Waals surface area contributed by atoms with E-state index >= 15 is 0 Å². The van der Waals surface area contributed by atoms with Gasteiger partial charge in [-0.25, -0.2) is 9.78 Å². The molecule has 3 aromatic rings. The Labute approximate surface area is 159 Å². The minimum absolute atomic E-state index is 0.0347. The van der Waals surface area contributed by atoms with Crippen LogP contribution in [0.4, 0.5) is 4.79 Å². The van der Waals surface area contributed by atoms with Crippen LogP contribution in [0.1, 0.15) is 5.56 Å². The number of rotatable bonds is 5. The van der Waals surface area contributed by atoms with Crippen molar-refractivity contribution in [2.45, 2.75) is 11.7 Å². The third-order valence-corrected chi connectivity index (χ3v) is 4.80. The third-order valence-electron chi connectivity index (χ3n) is 3.82. The average molecular weight is 382 g/mol. The van der Waals surface area contributed by atoms with Crippen LogP contribution in [0.5, 0.6) is 0 Å². The molecule has 2 aromatic carbocycles. The van der Waals surface area contributed by atoms with E-state index in [2.05, 4.69) is 15.6 Å². The van der Waals surface area contributed by atoms with E-state index in [1.165, 1.54) is 7.05 Å². The first-order chi connectivity index (χ1) is 13.1. The molecule has 0 bridgehead atoms. The van der Waals surface area contributed by atoms with Gasteiger partial charge in [-0.1, -0.05) is 54.2 Å². The van der Waals surface area contributed by atoms with E-state index < -0.39 is 11.9 Å². The van der Waals surface area contributed by atoms with Gasteiger partial charge in [-0.3, -0.25) is 19.5 Å². The lowest BCUT2D eigenvalue weighted by Crippen LogP contribution is -2.38. The summed E-state index contributed by atoms with van der Waals surface area (Å²) < 4.78 is 1.55. The number of nitrogens with one attached hydrogen (secondary N) is 2. The molecule has 0 saturated carbocycles. The standard InChI is InChI=1S/C19H18N4O3S/c1-20-18(26)22-16(24)12-27-19-21-15-10-6-5-9-14(15)17(25)23(19)11-13-7-3-2-4-8-13/h2-10H,11-12H2,1H3,(H2,20,22,24,26). The molecular weight excluding hydrogens is 364 g/mol. The Kier molecular flexibility index (Phi) is 5.87. The predicted octanol–water partition coefficient (Wildman–Crippen LogP) is 1.99. The molecule has 7 nitrogen and oxygen atoms in total. The molecule has 138 valence electrons. The second-order valence-corrected chi connectivity index (χ2v) is 6.65. The molecule has 0 atom stereocenters. The van der Waals surface area contributed by atoms with E-state index in [-0.39, 0.29) is 11.3 Å². The Morgan fingerprint density at radius 3 is 2.52 bits per heavy atom. The summed E-state index contributed by atoms with van der Waals surface area (Å²) in [6.45, 7) is 0.344. The zero-order chi connectivity index (χ0) is 19.2. The van der Waals surface area contributed by atoms with E-state index in [0.717, 1.165) is 17.3 Å². The van der Waals surface area contributed by atoms with Gasteiger partial charge < -0.3 is 5.32 Å². The highest BCUT2D eigenvalue weighted by atomic mass is 32.2. The summed E-state index contributed by atoms with van der Waals surface area (Å²) in [6.07, 6.45) is 0. The number of fused-ring (bicyclic) bond motifs is 1. The topological polar surface area (TPSA) is 93.1 Å². The monoisotopic (exact) mass is 382 g/mol. The zero-order valence-electron chi connectivity index (χ0n) is 14.6. The summed E-state index contributed by atoms with van der Waals surface area (Å²) in [5.41, 5.74) is 1.35. The van der Waals surface area contributed by atoms with Crippen molar-refractivity contribution in [2.24, 2.45) is 0 Å². The minimum atomic E-state index is -0.575. The van der Waals surface area contributed by atoms with Crippen LogP contribution in [-0.2, 0) is 11.3 Å². The molecule has 0 aliphatic carbocycles. The number of hydrogen-bond acceptors (Lipinski definition) is 5. The van der Waals surface area contributed by atoms with Crippen LogP contribution < -0.4 is 16.2 Å². The molecular formula is C19H18N4O3S. The van der Waals surface area contributed by atoms with Gasteiger partial charge in [0.2, 0.25) is 5.91 Å². The summed E-state index contributed by atoms with van der Waals surface area (Å²) in [7, 11) is 1.43. The third kappa shape index (κ3) is 4.53. The number of nitrogens with zero attached hydrogens (tertiary/aromatic N) is 2. The molecule has 27 heavy (non-hydrogen) atoms. The van der Waals surface area contributed by atoms with Crippen LogP contribution in [0.25, 0.3) is 10.9 Å². The van der Waals surface area contributed by atoms with E-state index in [4.69, 9.17) is 0 Å². The van der Waals surface area contributed by atoms with Crippen molar-refractivity contribution in [1.29, 1.82) is 0 Å². The van der Waals surface area contributed by atoms with Gasteiger partial charge in [0.1, 0.15) is 0 Å². The minimum Gasteiger partial charge on any atom is -0.341 e. The highest BCUT2D eigenvalue weighted by Gasteiger charge is 2.14. The first-order valence-corrected chi connectivity index (χ1v) is 9.25. The van der Waals surface area contributed by atoms with Crippen LogP contribution in [0.2, 0.25) is 0 Å². The van der Waals surface area contributed by atoms with Crippen molar-refractivity contribution in [3.05, 3.63) is 70.5 Å². The number of carbonyl (C=O) groups is 2. The number of thioether (sulfide) groups is 1. The second-order valence-electron chi connectivity index (χ2n) is 5.70. The molecule has 0 spiro atoms. The number of hydrogen-bond donors (Lipinski definition) is 2. The Bertz CT molecular complexity index is 1030. The van der Waals surface area contributed by atoms with Gasteiger partial charge in [0.15, 0.2) is 5.16 Å². The molecule has 3 rings (SSSR count). The van der Waals surface area contributed by atoms with Gasteiger partial charge in [0.25, 0.3) is 5.56 Å². The second kappa shape index (κ2) is 8.50. The summed E-state index contributed by atoms with van der Waals surface area (Å²) in [4.78, 5) is 40.7. The van der Waals surface area contributed by atoms with Gasteiger partial charge in [0.05, 0.1) is 23.2 Å². The van der Waals surface area contributed by atoms with E-state index in [1.807, 2.05) is 36.4 Å². The summed E-state index contributed by atoms with van der Waals surface area (Å²) in [6, 6.07) is 16.1. The van der Waals surface area contributed by atoms with E-state index in [0.29, 0.717) is 22.6 Å². The van der Waals surface area contributed by atoms with Crippen LogP contribution in [0.15, 0.2) is 64.5 Å². The molecule has 3 amide bonds. The van der Waals surface area contributed by atoms with Crippen LogP contribution in [-0.4, -0.2) is 34.3 Å². The van der Waals surface area contributed by atoms with Crippen molar-refractivity contribution < 1.29 is 9.59 Å². The fourth-order valence-corrected chi connectivity index (χ4v) is 3.32. The first-order valence-electron chi connectivity index (χ1n) is 8.26. The Hall–Kier alpha value is -3.13. The SMILES string of the molecule is CNC(=O)NC(=O)CSc1nc2ccccc2c(=O)n1Cc1ccccc1. The highest BCUT2D eigenvalue weighted by Crippen LogP contribution is 2.18. The number of imide groups is 1. The lowest BCUT2D eigenvalue weighted by atomic mass is 10.2. The molecule has 2 N–H and O–H groups in total. The highest BCUT2D eigenvalue weighted by molar-refractivity contribution is 7.99. The largest absolute Gasteiger partial charge is 0.341 e. The van der Waals surface area contributed by atoms with E-state index in [9.17, 15) is 14.4 Å². The zero-order valence-corrected chi connectivity index (χ0v) is 15.5. The van der Waals surface area contributed by atoms with Crippen molar-refractivity contribution in [3.63, 3.8) is 0 Å². The van der Waals surface area contributed by atoms with Gasteiger partial charge in [-0.05, 0) is 17.7 Å². The molecule has 0 aliphatic heterocycles. The number of carbonyl (C=O) groups excluding carboxylic acids is 2. The molecule has 0 saturated heterocycles. The fourth-order valence-electron chi connectivity index (χ4n) is 2.52. The maximum absolute atomic E-state index is 13.0. The van der Waals surface area contributed by atoms with Gasteiger partial charge in [-0.2, -0.15) is 0 Å². The fraction of sp³-hybridized carbons (Fsp3) is 0.158. The van der Waals surface area contributed by atoms with Crippen molar-refractivity contribution in [3.8, 4) is 0 Å². The quantitative estimate of drug-likeness (QED) is 0.520. The smallest absolute Gasteiger partial charge is 0.321 e. The number of amides is 3. The molecule has 1 heterocycles. The summed E-state index contributed by atoms with van der Waals surface area (Å²) in [5.74, 6) is -0.500. The Morgan fingerprint density at radius 1 is 1.07 bits per heavy atom. The first kappa shape index (κ1) is 18.7. The normalized spacial score (nSPS) is 10.6. The Balaban J connectivity index is 1.94. The molecule has 0 fully saturated rings. The van der Waals surface area contributed by atoms with Crippen LogP contribution in [0, 0.1) is 0 Å². The van der Waals surface area contributed by atoms with E-state index in [1.54, 1.807) is 22.8 Å². The Morgan fingerprint density at radius 2 is 1.78 bits per heavy atom. The van der Waals surface area contributed by atoms with Crippen LogP contribution in [0.3, 0.4) is 0 Å². The number of urea groups is 1. The van der Waals surface area contributed by atoms with Crippen molar-refractivity contribution >= 4 is 34.6 Å². The van der Waals surface area contributed by atoms with Gasteiger partial charge in [-0.15, -0.1) is 0 Å². The lowest BCUT2D eigenvalue weighted by molar-refractivity contribution is -0.117. The average Bonchev–Trinajstić information content (AvgIpc) is 2.69. The molecule has 0 aliphatic rings. The van der Waals surface area contributed by atoms with Crippen molar-refractivity contribution in [1.82, 2.24) is 20.2 Å². The summed E-state index contributed by atoms with van der Waals surface area (Å²) >= 11 is 1.12. The maximum atomic E-state index is 13.0. The number of para-hydroxylation sites is 1. The van der Waals surface area contributed by atoms with Gasteiger partial charge >= 0.3 is 6.03 Å². The lowest BCUT2D eigenvalue weighted by Gasteiger charge is -2.13. The van der Waals surface area contributed by atoms with Crippen molar-refractivity contribution in [2.75, 3.05) is 12.8 Å². The number of aromatic nitrogens is 2. The molecule has 8 heteroatoms. The number of benzene rings is 2. The molecule has 0 radical (unpaired) electrons. The molecule has 0 unspecified atom stereocenters. The van der Waals surface area contributed by atoms with Gasteiger partial charge in [0, 0.05) is 7.05 Å². The summed E-state index contributed by atoms with van der Waals surface area (Å²) in [5, 5.41) is 5.46. The molecule has 1 aromatic heterocycles. The predicted molar refractivity (Wildman–Crippen MR) is 105 cm³/mol. The van der Waals surface area contributed by atoms with Crippen LogP contribution >= 0.6 is 11.8 Å². The maximum Gasteiger partial charge on any atom is 0.321 e.